The molecule has 1 aromatic carbocycles. The maximum atomic E-state index is 4.75. The van der Waals surface area contributed by atoms with E-state index in [4.69, 9.17) is 9.97 Å². The summed E-state index contributed by atoms with van der Waals surface area (Å²) in [5.74, 6) is 0.817. The van der Waals surface area contributed by atoms with Gasteiger partial charge in [0.15, 0.2) is 0 Å². The Morgan fingerprint density at radius 3 is 2.67 bits per heavy atom. The minimum Gasteiger partial charge on any atom is -0.256 e. The standard InChI is InChI=1S/C23H20N4/c1-2-6-21-19(8-5-15-24-21)22-14-16-25-23(27-22)13-12-18-11-10-17-7-3-4-9-20(17)26-18/h2-11,14-16H,12-13H2,1H3/b6-2-. The smallest absolute Gasteiger partial charge is 0.129 e. The highest BCUT2D eigenvalue weighted by atomic mass is 14.9. The number of pyridine rings is 2. The number of hydrogen-bond donors (Lipinski definition) is 0. The van der Waals surface area contributed by atoms with E-state index < -0.39 is 0 Å². The Bertz CT molecular complexity index is 1100. The first-order valence-corrected chi connectivity index (χ1v) is 9.08. The Hall–Kier alpha value is -3.40. The van der Waals surface area contributed by atoms with Gasteiger partial charge in [0.1, 0.15) is 5.82 Å². The Balaban J connectivity index is 1.56. The van der Waals surface area contributed by atoms with Crippen LogP contribution in [0.15, 0.2) is 73.1 Å². The first kappa shape index (κ1) is 17.0. The van der Waals surface area contributed by atoms with Crippen molar-refractivity contribution in [1.29, 1.82) is 0 Å². The van der Waals surface area contributed by atoms with Crippen molar-refractivity contribution in [3.05, 3.63) is 90.3 Å². The Morgan fingerprint density at radius 1 is 0.815 bits per heavy atom. The van der Waals surface area contributed by atoms with Crippen LogP contribution in [0.1, 0.15) is 24.1 Å². The molecule has 0 atom stereocenters. The average molecular weight is 352 g/mol. The number of hydrogen-bond acceptors (Lipinski definition) is 4. The molecule has 3 aromatic heterocycles. The second-order valence-electron chi connectivity index (χ2n) is 6.29. The zero-order valence-electron chi connectivity index (χ0n) is 15.2. The van der Waals surface area contributed by atoms with Gasteiger partial charge in [-0.25, -0.2) is 9.97 Å². The van der Waals surface area contributed by atoms with Crippen molar-refractivity contribution in [3.63, 3.8) is 0 Å². The lowest BCUT2D eigenvalue weighted by molar-refractivity contribution is 0.841. The average Bonchev–Trinajstić information content (AvgIpc) is 2.73. The van der Waals surface area contributed by atoms with Gasteiger partial charge >= 0.3 is 0 Å². The summed E-state index contributed by atoms with van der Waals surface area (Å²) in [6.07, 6.45) is 9.15. The molecular weight excluding hydrogens is 332 g/mol. The van der Waals surface area contributed by atoms with Crippen molar-refractivity contribution in [2.24, 2.45) is 0 Å². The summed E-state index contributed by atoms with van der Waals surface area (Å²) < 4.78 is 0. The van der Waals surface area contributed by atoms with Crippen LogP contribution >= 0.6 is 0 Å². The van der Waals surface area contributed by atoms with E-state index in [0.717, 1.165) is 52.2 Å². The highest BCUT2D eigenvalue weighted by molar-refractivity contribution is 5.78. The molecule has 0 saturated heterocycles. The minimum atomic E-state index is 0.748. The summed E-state index contributed by atoms with van der Waals surface area (Å²) in [7, 11) is 0. The zero-order chi connectivity index (χ0) is 18.5. The molecule has 0 aliphatic carbocycles. The molecule has 0 fully saturated rings. The fourth-order valence-electron chi connectivity index (χ4n) is 3.08. The van der Waals surface area contributed by atoms with Gasteiger partial charge in [0, 0.05) is 35.5 Å². The third-order valence-electron chi connectivity index (χ3n) is 4.41. The molecule has 0 unspecified atom stereocenters. The van der Waals surface area contributed by atoms with Crippen molar-refractivity contribution in [2.45, 2.75) is 19.8 Å². The van der Waals surface area contributed by atoms with Gasteiger partial charge in [-0.2, -0.15) is 0 Å². The normalized spacial score (nSPS) is 11.3. The van der Waals surface area contributed by atoms with E-state index in [1.165, 1.54) is 0 Å². The van der Waals surface area contributed by atoms with Crippen molar-refractivity contribution >= 4 is 17.0 Å². The second-order valence-corrected chi connectivity index (χ2v) is 6.29. The van der Waals surface area contributed by atoms with E-state index in [1.807, 2.05) is 61.7 Å². The van der Waals surface area contributed by atoms with Crippen molar-refractivity contribution in [2.75, 3.05) is 0 Å². The summed E-state index contributed by atoms with van der Waals surface area (Å²) >= 11 is 0. The lowest BCUT2D eigenvalue weighted by Crippen LogP contribution is -2.01. The van der Waals surface area contributed by atoms with Gasteiger partial charge in [0.25, 0.3) is 0 Å². The zero-order valence-corrected chi connectivity index (χ0v) is 15.2. The van der Waals surface area contributed by atoms with Crippen molar-refractivity contribution in [3.8, 4) is 11.3 Å². The number of rotatable bonds is 5. The van der Waals surface area contributed by atoms with Crippen LogP contribution < -0.4 is 0 Å². The molecule has 27 heavy (non-hydrogen) atoms. The van der Waals surface area contributed by atoms with Crippen LogP contribution in [0.3, 0.4) is 0 Å². The molecule has 0 spiro atoms. The predicted molar refractivity (Wildman–Crippen MR) is 109 cm³/mol. The van der Waals surface area contributed by atoms with Crippen LogP contribution in [-0.2, 0) is 12.8 Å². The quantitative estimate of drug-likeness (QED) is 0.512. The van der Waals surface area contributed by atoms with Crippen LogP contribution in [0.2, 0.25) is 0 Å². The number of benzene rings is 1. The maximum Gasteiger partial charge on any atom is 0.129 e. The van der Waals surface area contributed by atoms with E-state index >= 15 is 0 Å². The largest absolute Gasteiger partial charge is 0.256 e. The van der Waals surface area contributed by atoms with Gasteiger partial charge < -0.3 is 0 Å². The summed E-state index contributed by atoms with van der Waals surface area (Å²) in [5.41, 5.74) is 4.91. The Morgan fingerprint density at radius 2 is 1.74 bits per heavy atom. The topological polar surface area (TPSA) is 51.6 Å². The third kappa shape index (κ3) is 3.90. The molecule has 4 aromatic rings. The van der Waals surface area contributed by atoms with Gasteiger partial charge in [-0.3, -0.25) is 9.97 Å². The summed E-state index contributed by atoms with van der Waals surface area (Å²) in [4.78, 5) is 18.4. The monoisotopic (exact) mass is 352 g/mol. The molecule has 4 heteroatoms. The molecule has 0 aliphatic heterocycles. The molecule has 0 saturated carbocycles. The van der Waals surface area contributed by atoms with Gasteiger partial charge in [-0.05, 0) is 49.8 Å². The number of nitrogens with zero attached hydrogens (tertiary/aromatic N) is 4. The Kier molecular flexibility index (Phi) is 4.97. The maximum absolute atomic E-state index is 4.75. The molecule has 4 rings (SSSR count). The molecule has 0 aliphatic rings. The SMILES string of the molecule is C/C=C\c1ncccc1-c1ccnc(CCc2ccc3ccccc3n2)n1. The molecule has 132 valence electrons. The fraction of sp³-hybridized carbons (Fsp3) is 0.130. The van der Waals surface area contributed by atoms with E-state index in [9.17, 15) is 0 Å². The van der Waals surface area contributed by atoms with Crippen LogP contribution in [0.4, 0.5) is 0 Å². The lowest BCUT2D eigenvalue weighted by Gasteiger charge is -2.07. The highest BCUT2D eigenvalue weighted by Gasteiger charge is 2.07. The fourth-order valence-corrected chi connectivity index (χ4v) is 3.08. The third-order valence-corrected chi connectivity index (χ3v) is 4.41. The number of para-hydroxylation sites is 1. The molecule has 0 amide bonds. The summed E-state index contributed by atoms with van der Waals surface area (Å²) in [6.45, 7) is 1.99. The first-order valence-electron chi connectivity index (χ1n) is 9.08. The summed E-state index contributed by atoms with van der Waals surface area (Å²) in [6, 6.07) is 18.3. The van der Waals surface area contributed by atoms with Crippen LogP contribution in [0.5, 0.6) is 0 Å². The number of aromatic nitrogens is 4. The molecule has 0 N–H and O–H groups in total. The Labute approximate surface area is 158 Å². The second kappa shape index (κ2) is 7.87. The lowest BCUT2D eigenvalue weighted by atomic mass is 10.1. The van der Waals surface area contributed by atoms with Crippen LogP contribution in [0.25, 0.3) is 28.2 Å². The number of fused-ring (bicyclic) bond motifs is 1. The number of allylic oxidation sites excluding steroid dienone is 1. The van der Waals surface area contributed by atoms with E-state index in [0.29, 0.717) is 0 Å². The van der Waals surface area contributed by atoms with E-state index in [1.54, 1.807) is 6.20 Å². The summed E-state index contributed by atoms with van der Waals surface area (Å²) in [5, 5.41) is 1.16. The molecular formula is C23H20N4. The van der Waals surface area contributed by atoms with Crippen molar-refractivity contribution < 1.29 is 0 Å². The van der Waals surface area contributed by atoms with Crippen LogP contribution in [-0.4, -0.2) is 19.9 Å². The first-order chi connectivity index (χ1) is 13.3. The van der Waals surface area contributed by atoms with Gasteiger partial charge in [0.05, 0.1) is 16.9 Å². The molecule has 0 bridgehead atoms. The van der Waals surface area contributed by atoms with Crippen LogP contribution in [0, 0.1) is 0 Å². The van der Waals surface area contributed by atoms with Crippen molar-refractivity contribution in [1.82, 2.24) is 19.9 Å². The van der Waals surface area contributed by atoms with Gasteiger partial charge in [-0.1, -0.05) is 30.3 Å². The highest BCUT2D eigenvalue weighted by Crippen LogP contribution is 2.21. The van der Waals surface area contributed by atoms with Gasteiger partial charge in [0.2, 0.25) is 0 Å². The minimum absolute atomic E-state index is 0.748. The van der Waals surface area contributed by atoms with E-state index in [2.05, 4.69) is 28.2 Å². The molecule has 0 radical (unpaired) electrons. The predicted octanol–water partition coefficient (Wildman–Crippen LogP) is 4.91. The molecule has 4 nitrogen and oxygen atoms in total. The van der Waals surface area contributed by atoms with E-state index in [-0.39, 0.29) is 0 Å². The van der Waals surface area contributed by atoms with Gasteiger partial charge in [-0.15, -0.1) is 0 Å². The number of aryl methyl sites for hydroxylation is 2. The molecule has 3 heterocycles.